The molecule has 1 fully saturated rings. The van der Waals surface area contributed by atoms with Crippen LogP contribution in [0.25, 0.3) is 0 Å². The largest absolute Gasteiger partial charge is 0.373 e. The molecule has 1 aromatic rings. The monoisotopic (exact) mass is 273 g/mol. The molecule has 2 unspecified atom stereocenters. The Morgan fingerprint density at radius 3 is 2.80 bits per heavy atom. The van der Waals surface area contributed by atoms with E-state index in [1.54, 1.807) is 0 Å². The summed E-state index contributed by atoms with van der Waals surface area (Å²) in [5.74, 6) is 0. The van der Waals surface area contributed by atoms with Gasteiger partial charge in [0.25, 0.3) is 0 Å². The Morgan fingerprint density at radius 1 is 1.30 bits per heavy atom. The van der Waals surface area contributed by atoms with Gasteiger partial charge in [-0.2, -0.15) is 0 Å². The van der Waals surface area contributed by atoms with Crippen LogP contribution in [-0.2, 0) is 11.2 Å². The van der Waals surface area contributed by atoms with Crippen molar-refractivity contribution in [2.45, 2.75) is 58.1 Å². The van der Waals surface area contributed by atoms with Gasteiger partial charge < -0.3 is 10.1 Å². The van der Waals surface area contributed by atoms with Crippen molar-refractivity contribution in [3.63, 3.8) is 0 Å². The Labute approximate surface area is 122 Å². The summed E-state index contributed by atoms with van der Waals surface area (Å²) in [5.41, 5.74) is 3.36. The zero-order chi connectivity index (χ0) is 14.2. The highest BCUT2D eigenvalue weighted by Gasteiger charge is 2.46. The summed E-state index contributed by atoms with van der Waals surface area (Å²) in [4.78, 5) is 0. The molecule has 2 nitrogen and oxygen atoms in total. The number of fused-ring (bicyclic) bond motifs is 1. The molecule has 0 saturated carbocycles. The number of rotatable bonds is 2. The third kappa shape index (κ3) is 2.40. The van der Waals surface area contributed by atoms with Crippen molar-refractivity contribution in [2.24, 2.45) is 5.41 Å². The Balaban J connectivity index is 1.88. The molecule has 2 aliphatic rings. The van der Waals surface area contributed by atoms with Crippen LogP contribution in [0.1, 0.15) is 57.3 Å². The van der Waals surface area contributed by atoms with Crippen LogP contribution in [0.5, 0.6) is 0 Å². The maximum Gasteiger partial charge on any atom is 0.0845 e. The average molecular weight is 273 g/mol. The lowest BCUT2D eigenvalue weighted by Gasteiger charge is -2.45. The van der Waals surface area contributed by atoms with Crippen molar-refractivity contribution in [1.82, 2.24) is 5.32 Å². The van der Waals surface area contributed by atoms with E-state index >= 15 is 0 Å². The summed E-state index contributed by atoms with van der Waals surface area (Å²) in [6.45, 7) is 9.09. The molecule has 0 amide bonds. The predicted octanol–water partition coefficient (Wildman–Crippen LogP) is 3.86. The Bertz CT molecular complexity index is 469. The number of hydrogen-bond acceptors (Lipinski definition) is 2. The molecule has 1 N–H and O–H groups in total. The lowest BCUT2D eigenvalue weighted by atomic mass is 9.68. The van der Waals surface area contributed by atoms with Gasteiger partial charge in [-0.25, -0.2) is 0 Å². The van der Waals surface area contributed by atoms with Crippen molar-refractivity contribution in [3.8, 4) is 0 Å². The fourth-order valence-corrected chi connectivity index (χ4v) is 3.89. The van der Waals surface area contributed by atoms with Gasteiger partial charge in [0.1, 0.15) is 0 Å². The van der Waals surface area contributed by atoms with Crippen molar-refractivity contribution < 1.29 is 4.74 Å². The van der Waals surface area contributed by atoms with E-state index in [-0.39, 0.29) is 17.1 Å². The molecule has 2 heterocycles. The van der Waals surface area contributed by atoms with Crippen LogP contribution in [0.4, 0.5) is 0 Å². The van der Waals surface area contributed by atoms with Crippen molar-refractivity contribution in [1.29, 1.82) is 0 Å². The molecule has 1 aromatic carbocycles. The van der Waals surface area contributed by atoms with Gasteiger partial charge in [0.05, 0.1) is 12.7 Å². The fourth-order valence-electron chi connectivity index (χ4n) is 3.89. The molecule has 1 saturated heterocycles. The Morgan fingerprint density at radius 2 is 2.10 bits per heavy atom. The third-order valence-electron chi connectivity index (χ3n) is 5.31. The summed E-state index contributed by atoms with van der Waals surface area (Å²) in [6.07, 6.45) is 4.95. The van der Waals surface area contributed by atoms with E-state index in [1.165, 1.54) is 24.0 Å². The van der Waals surface area contributed by atoms with Crippen LogP contribution in [0.2, 0.25) is 0 Å². The topological polar surface area (TPSA) is 21.3 Å². The van der Waals surface area contributed by atoms with Crippen molar-refractivity contribution in [2.75, 3.05) is 13.2 Å². The summed E-state index contributed by atoms with van der Waals surface area (Å²) < 4.78 is 6.15. The number of benzene rings is 1. The smallest absolute Gasteiger partial charge is 0.0845 e. The van der Waals surface area contributed by atoms with Gasteiger partial charge in [-0.3, -0.25) is 0 Å². The van der Waals surface area contributed by atoms with Crippen LogP contribution in [0.15, 0.2) is 24.3 Å². The number of hydrogen-bond donors (Lipinski definition) is 1. The van der Waals surface area contributed by atoms with Gasteiger partial charge in [0, 0.05) is 5.54 Å². The SMILES string of the molecule is CC(C)(C)C1(CC2OCCc3ccccc32)CCCN1. The van der Waals surface area contributed by atoms with E-state index < -0.39 is 0 Å². The summed E-state index contributed by atoms with van der Waals surface area (Å²) >= 11 is 0. The van der Waals surface area contributed by atoms with Crippen LogP contribution >= 0.6 is 0 Å². The molecule has 3 rings (SSSR count). The highest BCUT2D eigenvalue weighted by Crippen LogP contribution is 2.45. The first-order chi connectivity index (χ1) is 9.52. The normalized spacial score (nSPS) is 30.2. The summed E-state index contributed by atoms with van der Waals surface area (Å²) in [6, 6.07) is 8.81. The molecule has 2 atom stereocenters. The molecule has 20 heavy (non-hydrogen) atoms. The number of ether oxygens (including phenoxy) is 1. The molecule has 0 bridgehead atoms. The van der Waals surface area contributed by atoms with Crippen LogP contribution in [0.3, 0.4) is 0 Å². The zero-order valence-corrected chi connectivity index (χ0v) is 13.0. The molecule has 0 spiro atoms. The highest BCUT2D eigenvalue weighted by molar-refractivity contribution is 5.31. The third-order valence-corrected chi connectivity index (χ3v) is 5.31. The quantitative estimate of drug-likeness (QED) is 0.883. The van der Waals surface area contributed by atoms with E-state index in [4.69, 9.17) is 4.74 Å². The first-order valence-electron chi connectivity index (χ1n) is 7.96. The van der Waals surface area contributed by atoms with Crippen LogP contribution in [0, 0.1) is 5.41 Å². The van der Waals surface area contributed by atoms with Crippen molar-refractivity contribution >= 4 is 0 Å². The van der Waals surface area contributed by atoms with E-state index in [9.17, 15) is 0 Å². The minimum absolute atomic E-state index is 0.210. The van der Waals surface area contributed by atoms with Crippen LogP contribution in [-0.4, -0.2) is 18.7 Å². The molecule has 110 valence electrons. The molecule has 0 aromatic heterocycles. The molecule has 0 aliphatic carbocycles. The van der Waals surface area contributed by atoms with E-state index in [2.05, 4.69) is 50.4 Å². The van der Waals surface area contributed by atoms with Gasteiger partial charge in [0.2, 0.25) is 0 Å². The predicted molar refractivity (Wildman–Crippen MR) is 82.9 cm³/mol. The molecule has 2 aliphatic heterocycles. The lowest BCUT2D eigenvalue weighted by Crippen LogP contribution is -2.52. The van der Waals surface area contributed by atoms with Gasteiger partial charge in [-0.1, -0.05) is 45.0 Å². The Kier molecular flexibility index (Phi) is 3.64. The van der Waals surface area contributed by atoms with Crippen molar-refractivity contribution in [3.05, 3.63) is 35.4 Å². The van der Waals surface area contributed by atoms with Crippen LogP contribution < -0.4 is 5.32 Å². The maximum absolute atomic E-state index is 6.15. The van der Waals surface area contributed by atoms with Gasteiger partial charge >= 0.3 is 0 Å². The fraction of sp³-hybridized carbons (Fsp3) is 0.667. The first-order valence-corrected chi connectivity index (χ1v) is 7.96. The molecular weight excluding hydrogens is 246 g/mol. The van der Waals surface area contributed by atoms with Gasteiger partial charge in [-0.05, 0) is 48.8 Å². The molecular formula is C18H27NO. The number of nitrogens with one attached hydrogen (secondary N) is 1. The Hall–Kier alpha value is -0.860. The lowest BCUT2D eigenvalue weighted by molar-refractivity contribution is -0.00382. The van der Waals surface area contributed by atoms with E-state index in [0.717, 1.165) is 26.0 Å². The van der Waals surface area contributed by atoms with Gasteiger partial charge in [-0.15, -0.1) is 0 Å². The summed E-state index contributed by atoms with van der Waals surface area (Å²) in [5, 5.41) is 3.81. The minimum atomic E-state index is 0.210. The second-order valence-corrected chi connectivity index (χ2v) is 7.37. The van der Waals surface area contributed by atoms with Gasteiger partial charge in [0.15, 0.2) is 0 Å². The maximum atomic E-state index is 6.15. The second kappa shape index (κ2) is 5.16. The first kappa shape index (κ1) is 14.1. The second-order valence-electron chi connectivity index (χ2n) is 7.37. The van der Waals surface area contributed by atoms with E-state index in [0.29, 0.717) is 0 Å². The van der Waals surface area contributed by atoms with E-state index in [1.807, 2.05) is 0 Å². The summed E-state index contributed by atoms with van der Waals surface area (Å²) in [7, 11) is 0. The zero-order valence-electron chi connectivity index (χ0n) is 13.0. The minimum Gasteiger partial charge on any atom is -0.373 e. The average Bonchev–Trinajstić information content (AvgIpc) is 2.89. The standard InChI is InChI=1S/C18H27NO/c1-17(2,3)18(10-6-11-19-18)13-16-15-8-5-4-7-14(15)9-12-20-16/h4-5,7-8,16,19H,6,9-13H2,1-3H3. The molecule has 0 radical (unpaired) electrons. The highest BCUT2D eigenvalue weighted by atomic mass is 16.5. The molecule has 2 heteroatoms.